The molecule has 124 valence electrons. The van der Waals surface area contributed by atoms with E-state index in [1.807, 2.05) is 31.4 Å². The molecule has 1 fully saturated rings. The van der Waals surface area contributed by atoms with Crippen molar-refractivity contribution in [2.45, 2.75) is 51.7 Å². The van der Waals surface area contributed by atoms with Gasteiger partial charge < -0.3 is 4.74 Å². The van der Waals surface area contributed by atoms with E-state index in [4.69, 9.17) is 16.3 Å². The standard InChI is InChI=1S/C16H21ClN4O2/c1-16(2,3)23-9-13(22)20-15-18-11-7-8-12(17)19-14(11)21(15)10-5-4-6-10/h7-8,10H,4-6,9H2,1-3H3,(H,18,20,22). The molecule has 23 heavy (non-hydrogen) atoms. The Balaban J connectivity index is 1.86. The minimum absolute atomic E-state index is 0.00838. The number of pyridine rings is 1. The Kier molecular flexibility index (Phi) is 4.29. The second-order valence-corrected chi connectivity index (χ2v) is 7.20. The molecule has 0 radical (unpaired) electrons. The minimum atomic E-state index is -0.361. The number of carbonyl (C=O) groups excluding carboxylic acids is 1. The predicted octanol–water partition coefficient (Wildman–Crippen LogP) is 3.56. The molecule has 0 saturated heterocycles. The van der Waals surface area contributed by atoms with Crippen molar-refractivity contribution < 1.29 is 9.53 Å². The Labute approximate surface area is 140 Å². The van der Waals surface area contributed by atoms with Crippen LogP contribution in [0.1, 0.15) is 46.1 Å². The first-order chi connectivity index (χ1) is 10.8. The number of nitrogens with one attached hydrogen (secondary N) is 1. The Morgan fingerprint density at radius 1 is 1.39 bits per heavy atom. The highest BCUT2D eigenvalue weighted by molar-refractivity contribution is 6.29. The Bertz CT molecular complexity index is 731. The largest absolute Gasteiger partial charge is 0.366 e. The number of ether oxygens (including phenoxy) is 1. The summed E-state index contributed by atoms with van der Waals surface area (Å²) in [4.78, 5) is 21.0. The SMILES string of the molecule is CC(C)(C)OCC(=O)Nc1nc2ccc(Cl)nc2n1C1CCC1. The molecule has 0 spiro atoms. The van der Waals surface area contributed by atoms with Crippen LogP contribution in [0.15, 0.2) is 12.1 Å². The number of aromatic nitrogens is 3. The smallest absolute Gasteiger partial charge is 0.252 e. The summed E-state index contributed by atoms with van der Waals surface area (Å²) in [6.07, 6.45) is 3.29. The van der Waals surface area contributed by atoms with Crippen molar-refractivity contribution in [2.75, 3.05) is 11.9 Å². The van der Waals surface area contributed by atoms with Crippen LogP contribution in [0.2, 0.25) is 5.15 Å². The molecule has 0 bridgehead atoms. The lowest BCUT2D eigenvalue weighted by molar-refractivity contribution is -0.125. The average molecular weight is 337 g/mol. The van der Waals surface area contributed by atoms with Gasteiger partial charge in [-0.2, -0.15) is 0 Å². The molecule has 0 aromatic carbocycles. The summed E-state index contributed by atoms with van der Waals surface area (Å²) in [6.45, 7) is 5.73. The van der Waals surface area contributed by atoms with Gasteiger partial charge in [-0.3, -0.25) is 14.7 Å². The Hall–Kier alpha value is -1.66. The van der Waals surface area contributed by atoms with E-state index < -0.39 is 0 Å². The molecule has 1 aliphatic rings. The first kappa shape index (κ1) is 16.2. The molecule has 1 N–H and O–H groups in total. The maximum atomic E-state index is 12.1. The van der Waals surface area contributed by atoms with Gasteiger partial charge in [0, 0.05) is 6.04 Å². The van der Waals surface area contributed by atoms with Gasteiger partial charge in [0.05, 0.1) is 5.60 Å². The fourth-order valence-electron chi connectivity index (χ4n) is 2.47. The number of hydrogen-bond acceptors (Lipinski definition) is 4. The van der Waals surface area contributed by atoms with Crippen molar-refractivity contribution in [1.29, 1.82) is 0 Å². The summed E-state index contributed by atoms with van der Waals surface area (Å²) in [5, 5.41) is 3.27. The van der Waals surface area contributed by atoms with Gasteiger partial charge in [-0.05, 0) is 52.2 Å². The second kappa shape index (κ2) is 6.09. The quantitative estimate of drug-likeness (QED) is 0.867. The van der Waals surface area contributed by atoms with Crippen molar-refractivity contribution >= 4 is 34.6 Å². The second-order valence-electron chi connectivity index (χ2n) is 6.82. The van der Waals surface area contributed by atoms with Crippen molar-refractivity contribution in [3.8, 4) is 0 Å². The van der Waals surface area contributed by atoms with E-state index in [0.717, 1.165) is 18.4 Å². The predicted molar refractivity (Wildman–Crippen MR) is 89.8 cm³/mol. The molecule has 0 unspecified atom stereocenters. The molecule has 3 rings (SSSR count). The van der Waals surface area contributed by atoms with Crippen LogP contribution in [0.5, 0.6) is 0 Å². The fraction of sp³-hybridized carbons (Fsp3) is 0.562. The lowest BCUT2D eigenvalue weighted by Crippen LogP contribution is -2.29. The van der Waals surface area contributed by atoms with E-state index in [0.29, 0.717) is 22.8 Å². The summed E-state index contributed by atoms with van der Waals surface area (Å²) in [6, 6.07) is 3.84. The van der Waals surface area contributed by atoms with Crippen molar-refractivity contribution in [3.63, 3.8) is 0 Å². The third-order valence-electron chi connectivity index (χ3n) is 3.83. The number of rotatable bonds is 4. The molecule has 2 aromatic heterocycles. The first-order valence-electron chi connectivity index (χ1n) is 7.82. The van der Waals surface area contributed by atoms with Gasteiger partial charge in [0.25, 0.3) is 5.91 Å². The topological polar surface area (TPSA) is 69.0 Å². The van der Waals surface area contributed by atoms with E-state index in [9.17, 15) is 4.79 Å². The number of amides is 1. The van der Waals surface area contributed by atoms with Gasteiger partial charge in [-0.15, -0.1) is 0 Å². The van der Waals surface area contributed by atoms with Gasteiger partial charge in [0.15, 0.2) is 5.65 Å². The van der Waals surface area contributed by atoms with Gasteiger partial charge in [-0.25, -0.2) is 9.97 Å². The van der Waals surface area contributed by atoms with Crippen LogP contribution in [0.25, 0.3) is 11.2 Å². The highest BCUT2D eigenvalue weighted by Crippen LogP contribution is 2.36. The number of carbonyl (C=O) groups is 1. The molecular formula is C16H21ClN4O2. The monoisotopic (exact) mass is 336 g/mol. The maximum absolute atomic E-state index is 12.1. The van der Waals surface area contributed by atoms with Crippen molar-refractivity contribution in [3.05, 3.63) is 17.3 Å². The lowest BCUT2D eigenvalue weighted by atomic mass is 9.93. The number of imidazole rings is 1. The number of nitrogens with zero attached hydrogens (tertiary/aromatic N) is 3. The van der Waals surface area contributed by atoms with Crippen LogP contribution < -0.4 is 5.32 Å². The molecule has 6 nitrogen and oxygen atoms in total. The zero-order chi connectivity index (χ0) is 16.6. The normalized spacial score (nSPS) is 15.7. The summed E-state index contributed by atoms with van der Waals surface area (Å²) < 4.78 is 7.50. The molecule has 2 heterocycles. The van der Waals surface area contributed by atoms with Crippen molar-refractivity contribution in [1.82, 2.24) is 14.5 Å². The molecule has 1 amide bonds. The van der Waals surface area contributed by atoms with Crippen LogP contribution >= 0.6 is 11.6 Å². The number of anilines is 1. The van der Waals surface area contributed by atoms with E-state index >= 15 is 0 Å². The highest BCUT2D eigenvalue weighted by Gasteiger charge is 2.26. The van der Waals surface area contributed by atoms with E-state index in [2.05, 4.69) is 15.3 Å². The third kappa shape index (κ3) is 3.64. The fourth-order valence-corrected chi connectivity index (χ4v) is 2.62. The molecule has 0 atom stereocenters. The Morgan fingerprint density at radius 3 is 2.74 bits per heavy atom. The lowest BCUT2D eigenvalue weighted by Gasteiger charge is -2.28. The number of hydrogen-bond donors (Lipinski definition) is 1. The van der Waals surface area contributed by atoms with Gasteiger partial charge in [0.1, 0.15) is 17.3 Å². The summed E-state index contributed by atoms with van der Waals surface area (Å²) in [5.41, 5.74) is 1.09. The molecular weight excluding hydrogens is 316 g/mol. The minimum Gasteiger partial charge on any atom is -0.366 e. The van der Waals surface area contributed by atoms with Gasteiger partial charge in [-0.1, -0.05) is 11.6 Å². The molecule has 1 saturated carbocycles. The molecule has 0 aliphatic heterocycles. The molecule has 2 aromatic rings. The molecule has 1 aliphatic carbocycles. The number of halogens is 1. The summed E-state index contributed by atoms with van der Waals surface area (Å²) >= 11 is 6.01. The van der Waals surface area contributed by atoms with Crippen LogP contribution in [0.4, 0.5) is 5.95 Å². The zero-order valence-corrected chi connectivity index (χ0v) is 14.4. The first-order valence-corrected chi connectivity index (χ1v) is 8.19. The van der Waals surface area contributed by atoms with E-state index in [-0.39, 0.29) is 18.1 Å². The maximum Gasteiger partial charge on any atom is 0.252 e. The van der Waals surface area contributed by atoms with Crippen LogP contribution in [-0.2, 0) is 9.53 Å². The molecule has 7 heteroatoms. The summed E-state index contributed by atoms with van der Waals surface area (Å²) in [7, 11) is 0. The highest BCUT2D eigenvalue weighted by atomic mass is 35.5. The van der Waals surface area contributed by atoms with Crippen LogP contribution in [0.3, 0.4) is 0 Å². The van der Waals surface area contributed by atoms with Crippen molar-refractivity contribution in [2.24, 2.45) is 0 Å². The van der Waals surface area contributed by atoms with Crippen LogP contribution in [0, 0.1) is 0 Å². The van der Waals surface area contributed by atoms with Gasteiger partial charge >= 0.3 is 0 Å². The third-order valence-corrected chi connectivity index (χ3v) is 4.04. The summed E-state index contributed by atoms with van der Waals surface area (Å²) in [5.74, 6) is 0.295. The average Bonchev–Trinajstić information content (AvgIpc) is 2.72. The van der Waals surface area contributed by atoms with E-state index in [1.54, 1.807) is 6.07 Å². The van der Waals surface area contributed by atoms with Crippen LogP contribution in [-0.4, -0.2) is 32.7 Å². The Morgan fingerprint density at radius 2 is 2.13 bits per heavy atom. The van der Waals surface area contributed by atoms with Gasteiger partial charge in [0.2, 0.25) is 5.95 Å². The number of fused-ring (bicyclic) bond motifs is 1. The van der Waals surface area contributed by atoms with E-state index in [1.165, 1.54) is 6.42 Å². The zero-order valence-electron chi connectivity index (χ0n) is 13.6.